The molecular formula is C16H17ClN2OS. The summed E-state index contributed by atoms with van der Waals surface area (Å²) in [5.41, 5.74) is 2.10. The van der Waals surface area contributed by atoms with Crippen LogP contribution in [0.25, 0.3) is 0 Å². The number of anilines is 1. The lowest BCUT2D eigenvalue weighted by Crippen LogP contribution is -2.44. The molecule has 21 heavy (non-hydrogen) atoms. The van der Waals surface area contributed by atoms with Crippen molar-refractivity contribution in [1.29, 1.82) is 0 Å². The van der Waals surface area contributed by atoms with Gasteiger partial charge < -0.3 is 5.32 Å². The average molecular weight is 321 g/mol. The van der Waals surface area contributed by atoms with Crippen molar-refractivity contribution in [2.24, 2.45) is 0 Å². The number of thiophene rings is 1. The van der Waals surface area contributed by atoms with E-state index in [9.17, 15) is 4.79 Å². The van der Waals surface area contributed by atoms with Gasteiger partial charge in [-0.05, 0) is 48.6 Å². The molecule has 2 aromatic rings. The first-order valence-electron chi connectivity index (χ1n) is 6.99. The summed E-state index contributed by atoms with van der Waals surface area (Å²) in [4.78, 5) is 16.0. The Bertz CT molecular complexity index is 655. The van der Waals surface area contributed by atoms with Gasteiger partial charge in [-0.15, -0.1) is 11.3 Å². The van der Waals surface area contributed by atoms with Crippen LogP contribution in [0.1, 0.15) is 17.4 Å². The highest BCUT2D eigenvalue weighted by Gasteiger charge is 2.25. The number of nitrogens with zero attached hydrogens (tertiary/aromatic N) is 1. The van der Waals surface area contributed by atoms with Gasteiger partial charge in [0.05, 0.1) is 6.04 Å². The number of benzene rings is 1. The van der Waals surface area contributed by atoms with Gasteiger partial charge in [0.15, 0.2) is 0 Å². The summed E-state index contributed by atoms with van der Waals surface area (Å²) in [6.07, 6.45) is 1.03. The molecule has 0 unspecified atom stereocenters. The Morgan fingerprint density at radius 1 is 1.43 bits per heavy atom. The minimum atomic E-state index is -0.156. The molecule has 1 amide bonds. The van der Waals surface area contributed by atoms with Gasteiger partial charge in [0, 0.05) is 28.7 Å². The lowest BCUT2D eigenvalue weighted by Gasteiger charge is -2.31. The number of halogens is 1. The van der Waals surface area contributed by atoms with Crippen molar-refractivity contribution >= 4 is 34.5 Å². The standard InChI is InChI=1S/C16H17ClN2OS/c1-11(16(20)18-14-4-2-3-13(17)9-14)19-7-5-15-12(10-19)6-8-21-15/h2-4,6,8-9,11H,5,7,10H2,1H3,(H,18,20)/t11-/m0/s1. The van der Waals surface area contributed by atoms with Crippen LogP contribution in [0.15, 0.2) is 35.7 Å². The topological polar surface area (TPSA) is 32.3 Å². The van der Waals surface area contributed by atoms with Gasteiger partial charge in [0.2, 0.25) is 5.91 Å². The van der Waals surface area contributed by atoms with Crippen molar-refractivity contribution in [2.75, 3.05) is 11.9 Å². The van der Waals surface area contributed by atoms with Gasteiger partial charge >= 0.3 is 0 Å². The quantitative estimate of drug-likeness (QED) is 0.933. The van der Waals surface area contributed by atoms with Gasteiger partial charge in [-0.2, -0.15) is 0 Å². The molecule has 0 spiro atoms. The minimum absolute atomic E-state index is 0.0101. The zero-order valence-electron chi connectivity index (χ0n) is 11.8. The summed E-state index contributed by atoms with van der Waals surface area (Å²) in [6.45, 7) is 3.73. The third kappa shape index (κ3) is 3.28. The monoisotopic (exact) mass is 320 g/mol. The molecule has 1 aliphatic rings. The van der Waals surface area contributed by atoms with E-state index in [4.69, 9.17) is 11.6 Å². The number of hydrogen-bond acceptors (Lipinski definition) is 3. The summed E-state index contributed by atoms with van der Waals surface area (Å²) in [6, 6.07) is 9.25. The largest absolute Gasteiger partial charge is 0.325 e. The van der Waals surface area contributed by atoms with E-state index in [1.54, 1.807) is 12.1 Å². The molecule has 0 bridgehead atoms. The molecular weight excluding hydrogens is 304 g/mol. The fourth-order valence-corrected chi connectivity index (χ4v) is 3.66. The van der Waals surface area contributed by atoms with Crippen LogP contribution in [-0.2, 0) is 17.8 Å². The molecule has 0 fully saturated rings. The number of rotatable bonds is 3. The van der Waals surface area contributed by atoms with E-state index in [0.717, 1.165) is 25.2 Å². The Kier molecular flexibility index (Phi) is 4.29. The number of carbonyl (C=O) groups excluding carboxylic acids is 1. The Morgan fingerprint density at radius 2 is 2.29 bits per heavy atom. The summed E-state index contributed by atoms with van der Waals surface area (Å²) < 4.78 is 0. The third-order valence-corrected chi connectivity index (χ3v) is 5.11. The summed E-state index contributed by atoms with van der Waals surface area (Å²) in [5.74, 6) is 0.0101. The van der Waals surface area contributed by atoms with E-state index in [2.05, 4.69) is 21.7 Å². The molecule has 0 radical (unpaired) electrons. The van der Waals surface area contributed by atoms with E-state index >= 15 is 0 Å². The van der Waals surface area contributed by atoms with E-state index in [1.165, 1.54) is 10.4 Å². The maximum absolute atomic E-state index is 12.4. The maximum Gasteiger partial charge on any atom is 0.241 e. The zero-order valence-corrected chi connectivity index (χ0v) is 13.4. The highest BCUT2D eigenvalue weighted by molar-refractivity contribution is 7.10. The van der Waals surface area contributed by atoms with Gasteiger partial charge in [-0.1, -0.05) is 17.7 Å². The minimum Gasteiger partial charge on any atom is -0.325 e. The van der Waals surface area contributed by atoms with Crippen molar-refractivity contribution in [3.63, 3.8) is 0 Å². The molecule has 1 N–H and O–H groups in total. The van der Waals surface area contributed by atoms with Crippen molar-refractivity contribution in [3.8, 4) is 0 Å². The summed E-state index contributed by atoms with van der Waals surface area (Å²) in [5, 5.41) is 5.69. The van der Waals surface area contributed by atoms with Crippen molar-refractivity contribution in [1.82, 2.24) is 4.90 Å². The fraction of sp³-hybridized carbons (Fsp3) is 0.312. The van der Waals surface area contributed by atoms with Crippen LogP contribution in [0.4, 0.5) is 5.69 Å². The molecule has 0 saturated heterocycles. The molecule has 1 aliphatic heterocycles. The van der Waals surface area contributed by atoms with Crippen LogP contribution in [0.3, 0.4) is 0 Å². The SMILES string of the molecule is C[C@@H](C(=O)Nc1cccc(Cl)c1)N1CCc2sccc2C1. The third-order valence-electron chi connectivity index (χ3n) is 3.86. The van der Waals surface area contributed by atoms with Crippen LogP contribution in [0, 0.1) is 0 Å². The highest BCUT2D eigenvalue weighted by Crippen LogP contribution is 2.25. The smallest absolute Gasteiger partial charge is 0.241 e. The van der Waals surface area contributed by atoms with Crippen LogP contribution in [0.5, 0.6) is 0 Å². The molecule has 1 aromatic carbocycles. The molecule has 2 heterocycles. The van der Waals surface area contributed by atoms with Gasteiger partial charge in [0.25, 0.3) is 0 Å². The normalized spacial score (nSPS) is 16.3. The second-order valence-electron chi connectivity index (χ2n) is 5.27. The highest BCUT2D eigenvalue weighted by atomic mass is 35.5. The first-order valence-corrected chi connectivity index (χ1v) is 8.25. The lowest BCUT2D eigenvalue weighted by molar-refractivity contribution is -0.121. The Labute approximate surface area is 133 Å². The number of amides is 1. The Balaban J connectivity index is 1.65. The average Bonchev–Trinajstić information content (AvgIpc) is 2.93. The van der Waals surface area contributed by atoms with Crippen LogP contribution >= 0.6 is 22.9 Å². The lowest BCUT2D eigenvalue weighted by atomic mass is 10.1. The second kappa shape index (κ2) is 6.18. The first kappa shape index (κ1) is 14.6. The molecule has 1 atom stereocenters. The van der Waals surface area contributed by atoms with Crippen LogP contribution in [-0.4, -0.2) is 23.4 Å². The van der Waals surface area contributed by atoms with E-state index < -0.39 is 0 Å². The molecule has 110 valence electrons. The van der Waals surface area contributed by atoms with Crippen molar-refractivity contribution < 1.29 is 4.79 Å². The van der Waals surface area contributed by atoms with E-state index in [1.807, 2.05) is 30.4 Å². The van der Waals surface area contributed by atoms with Crippen LogP contribution in [0.2, 0.25) is 5.02 Å². The molecule has 1 aromatic heterocycles. The van der Waals surface area contributed by atoms with Crippen LogP contribution < -0.4 is 5.32 Å². The predicted molar refractivity (Wildman–Crippen MR) is 88.0 cm³/mol. The van der Waals surface area contributed by atoms with E-state index in [-0.39, 0.29) is 11.9 Å². The molecule has 0 aliphatic carbocycles. The summed E-state index contributed by atoms with van der Waals surface area (Å²) in [7, 11) is 0. The Morgan fingerprint density at radius 3 is 3.10 bits per heavy atom. The first-order chi connectivity index (χ1) is 10.1. The summed E-state index contributed by atoms with van der Waals surface area (Å²) >= 11 is 7.75. The van der Waals surface area contributed by atoms with Gasteiger partial charge in [-0.25, -0.2) is 0 Å². The second-order valence-corrected chi connectivity index (χ2v) is 6.70. The van der Waals surface area contributed by atoms with Crippen molar-refractivity contribution in [3.05, 3.63) is 51.2 Å². The molecule has 3 rings (SSSR count). The van der Waals surface area contributed by atoms with Gasteiger partial charge in [-0.3, -0.25) is 9.69 Å². The number of carbonyl (C=O) groups is 1. The van der Waals surface area contributed by atoms with Crippen molar-refractivity contribution in [2.45, 2.75) is 25.9 Å². The number of hydrogen-bond donors (Lipinski definition) is 1. The number of fused-ring (bicyclic) bond motifs is 1. The van der Waals surface area contributed by atoms with E-state index in [0.29, 0.717) is 5.02 Å². The predicted octanol–water partition coefficient (Wildman–Crippen LogP) is 3.79. The molecule has 3 nitrogen and oxygen atoms in total. The fourth-order valence-electron chi connectivity index (χ4n) is 2.58. The maximum atomic E-state index is 12.4. The zero-order chi connectivity index (χ0) is 14.8. The van der Waals surface area contributed by atoms with Gasteiger partial charge in [0.1, 0.15) is 0 Å². The molecule has 0 saturated carbocycles. The Hall–Kier alpha value is -1.36. The molecule has 5 heteroatoms. The number of nitrogens with one attached hydrogen (secondary N) is 1.